The van der Waals surface area contributed by atoms with Gasteiger partial charge in [0.05, 0.1) is 12.9 Å². The van der Waals surface area contributed by atoms with E-state index in [-0.39, 0.29) is 0 Å². The van der Waals surface area contributed by atoms with Crippen LogP contribution in [0.15, 0.2) is 18.2 Å². The van der Waals surface area contributed by atoms with Crippen molar-refractivity contribution < 1.29 is 8.95 Å². The fraction of sp³-hybridized carbons (Fsp3) is 0.571. The first-order chi connectivity index (χ1) is 8.71. The first-order valence-electron chi connectivity index (χ1n) is 6.42. The summed E-state index contributed by atoms with van der Waals surface area (Å²) in [5, 5.41) is 3.37. The third kappa shape index (κ3) is 4.78. The standard InChI is InChI=1S/C14H23NO2S/c1-4-8-15-10-12-6-7-14(17-3)13(9-12)11-18(16)5-2/h6-7,9,15H,4-5,8,10-11H2,1-3H3. The Balaban J connectivity index is 2.77. The van der Waals surface area contributed by atoms with Gasteiger partial charge >= 0.3 is 0 Å². The fourth-order valence-electron chi connectivity index (χ4n) is 1.74. The van der Waals surface area contributed by atoms with Crippen molar-refractivity contribution in [2.75, 3.05) is 19.4 Å². The van der Waals surface area contributed by atoms with Crippen LogP contribution in [0.1, 0.15) is 31.4 Å². The van der Waals surface area contributed by atoms with Gasteiger partial charge in [-0.15, -0.1) is 0 Å². The highest BCUT2D eigenvalue weighted by Gasteiger charge is 2.07. The Morgan fingerprint density at radius 1 is 1.33 bits per heavy atom. The lowest BCUT2D eigenvalue weighted by atomic mass is 10.1. The quantitative estimate of drug-likeness (QED) is 0.737. The minimum atomic E-state index is -0.806. The molecule has 0 aromatic heterocycles. The van der Waals surface area contributed by atoms with Crippen LogP contribution in [-0.4, -0.2) is 23.6 Å². The highest BCUT2D eigenvalue weighted by atomic mass is 32.2. The van der Waals surface area contributed by atoms with Crippen molar-refractivity contribution in [2.45, 2.75) is 32.6 Å². The van der Waals surface area contributed by atoms with Crippen LogP contribution in [0.25, 0.3) is 0 Å². The second-order valence-electron chi connectivity index (χ2n) is 4.20. The molecular formula is C14H23NO2S. The Morgan fingerprint density at radius 3 is 2.72 bits per heavy atom. The summed E-state index contributed by atoms with van der Waals surface area (Å²) in [7, 11) is 0.850. The smallest absolute Gasteiger partial charge is 0.123 e. The molecule has 0 aliphatic carbocycles. The van der Waals surface area contributed by atoms with Gasteiger partial charge < -0.3 is 10.1 Å². The van der Waals surface area contributed by atoms with Crippen molar-refractivity contribution >= 4 is 10.8 Å². The maximum atomic E-state index is 11.7. The lowest BCUT2D eigenvalue weighted by molar-refractivity contribution is 0.411. The van der Waals surface area contributed by atoms with Crippen LogP contribution in [0, 0.1) is 0 Å². The summed E-state index contributed by atoms with van der Waals surface area (Å²) in [6.07, 6.45) is 1.13. The second kappa shape index (κ2) is 8.27. The van der Waals surface area contributed by atoms with E-state index in [1.807, 2.05) is 13.0 Å². The first-order valence-corrected chi connectivity index (χ1v) is 7.91. The van der Waals surface area contributed by atoms with Gasteiger partial charge in [-0.05, 0) is 30.7 Å². The zero-order chi connectivity index (χ0) is 13.4. The van der Waals surface area contributed by atoms with Crippen LogP contribution in [0.5, 0.6) is 5.75 Å². The van der Waals surface area contributed by atoms with Crippen LogP contribution in [-0.2, 0) is 23.1 Å². The van der Waals surface area contributed by atoms with Crippen LogP contribution in [0.3, 0.4) is 0 Å². The molecular weight excluding hydrogens is 246 g/mol. The maximum Gasteiger partial charge on any atom is 0.123 e. The SMILES string of the molecule is CCCNCc1ccc(OC)c(CS(=O)CC)c1. The summed E-state index contributed by atoms with van der Waals surface area (Å²) in [6.45, 7) is 5.96. The molecule has 102 valence electrons. The Bertz CT molecular complexity index is 393. The minimum Gasteiger partial charge on any atom is -0.496 e. The molecule has 0 saturated heterocycles. The van der Waals surface area contributed by atoms with Crippen molar-refractivity contribution in [1.82, 2.24) is 5.32 Å². The Kier molecular flexibility index (Phi) is 6.98. The predicted octanol–water partition coefficient (Wildman–Crippen LogP) is 2.46. The molecule has 1 N–H and O–H groups in total. The predicted molar refractivity (Wildman–Crippen MR) is 77.4 cm³/mol. The van der Waals surface area contributed by atoms with Crippen molar-refractivity contribution in [1.29, 1.82) is 0 Å². The van der Waals surface area contributed by atoms with Gasteiger partial charge in [0.25, 0.3) is 0 Å². The number of nitrogens with one attached hydrogen (secondary N) is 1. The summed E-state index contributed by atoms with van der Waals surface area (Å²) < 4.78 is 17.0. The molecule has 0 radical (unpaired) electrons. The van der Waals surface area contributed by atoms with Crippen LogP contribution in [0.2, 0.25) is 0 Å². The average Bonchev–Trinajstić information content (AvgIpc) is 2.39. The Labute approximate surface area is 112 Å². The molecule has 0 amide bonds. The maximum absolute atomic E-state index is 11.7. The molecule has 0 heterocycles. The average molecular weight is 269 g/mol. The van der Waals surface area contributed by atoms with Gasteiger partial charge in [-0.3, -0.25) is 4.21 Å². The topological polar surface area (TPSA) is 38.3 Å². The highest BCUT2D eigenvalue weighted by molar-refractivity contribution is 7.84. The van der Waals surface area contributed by atoms with E-state index < -0.39 is 10.8 Å². The van der Waals surface area contributed by atoms with Crippen molar-refractivity contribution in [3.8, 4) is 5.75 Å². The molecule has 1 unspecified atom stereocenters. The Morgan fingerprint density at radius 2 is 2.11 bits per heavy atom. The third-order valence-electron chi connectivity index (χ3n) is 2.74. The monoisotopic (exact) mass is 269 g/mol. The number of hydrogen-bond donors (Lipinski definition) is 1. The molecule has 1 aromatic carbocycles. The summed E-state index contributed by atoms with van der Waals surface area (Å²) in [5.41, 5.74) is 2.25. The summed E-state index contributed by atoms with van der Waals surface area (Å²) in [5.74, 6) is 2.08. The van der Waals surface area contributed by atoms with Gasteiger partial charge in [0.2, 0.25) is 0 Å². The van der Waals surface area contributed by atoms with E-state index in [4.69, 9.17) is 4.74 Å². The summed E-state index contributed by atoms with van der Waals surface area (Å²) in [6, 6.07) is 6.11. The van der Waals surface area contributed by atoms with Crippen LogP contribution < -0.4 is 10.1 Å². The summed E-state index contributed by atoms with van der Waals surface area (Å²) in [4.78, 5) is 0. The summed E-state index contributed by atoms with van der Waals surface area (Å²) >= 11 is 0. The molecule has 0 fully saturated rings. The lowest BCUT2D eigenvalue weighted by Crippen LogP contribution is -2.14. The molecule has 0 aliphatic heterocycles. The molecule has 0 saturated carbocycles. The number of hydrogen-bond acceptors (Lipinski definition) is 3. The van der Waals surface area contributed by atoms with E-state index in [1.165, 1.54) is 5.56 Å². The van der Waals surface area contributed by atoms with Crippen molar-refractivity contribution in [3.05, 3.63) is 29.3 Å². The van der Waals surface area contributed by atoms with Crippen molar-refractivity contribution in [2.24, 2.45) is 0 Å². The molecule has 1 aromatic rings. The third-order valence-corrected chi connectivity index (χ3v) is 4.02. The molecule has 18 heavy (non-hydrogen) atoms. The number of ether oxygens (including phenoxy) is 1. The normalized spacial score (nSPS) is 12.4. The molecule has 3 nitrogen and oxygen atoms in total. The van der Waals surface area contributed by atoms with Gasteiger partial charge in [-0.1, -0.05) is 19.9 Å². The zero-order valence-corrected chi connectivity index (χ0v) is 12.3. The van der Waals surface area contributed by atoms with E-state index in [9.17, 15) is 4.21 Å². The van der Waals surface area contributed by atoms with Gasteiger partial charge in [-0.25, -0.2) is 0 Å². The molecule has 1 rings (SSSR count). The first kappa shape index (κ1) is 15.2. The van der Waals surface area contributed by atoms with E-state index in [2.05, 4.69) is 24.4 Å². The van der Waals surface area contributed by atoms with Gasteiger partial charge in [-0.2, -0.15) is 0 Å². The molecule has 0 bridgehead atoms. The van der Waals surface area contributed by atoms with Gasteiger partial charge in [0.1, 0.15) is 5.75 Å². The van der Waals surface area contributed by atoms with Crippen molar-refractivity contribution in [3.63, 3.8) is 0 Å². The van der Waals surface area contributed by atoms with E-state index in [0.717, 1.165) is 30.8 Å². The highest BCUT2D eigenvalue weighted by Crippen LogP contribution is 2.21. The second-order valence-corrected chi connectivity index (χ2v) is 5.94. The fourth-order valence-corrected chi connectivity index (χ4v) is 2.52. The van der Waals surface area contributed by atoms with E-state index >= 15 is 0 Å². The minimum absolute atomic E-state index is 0.571. The Hall–Kier alpha value is -0.870. The number of methoxy groups -OCH3 is 1. The largest absolute Gasteiger partial charge is 0.496 e. The van der Waals surface area contributed by atoms with Gasteiger partial charge in [0, 0.05) is 28.7 Å². The zero-order valence-electron chi connectivity index (χ0n) is 11.5. The molecule has 4 heteroatoms. The molecule has 0 spiro atoms. The number of benzene rings is 1. The van der Waals surface area contributed by atoms with Gasteiger partial charge in [0.15, 0.2) is 0 Å². The van der Waals surface area contributed by atoms with E-state index in [1.54, 1.807) is 7.11 Å². The lowest BCUT2D eigenvalue weighted by Gasteiger charge is -2.11. The molecule has 0 aliphatic rings. The molecule has 1 atom stereocenters. The number of rotatable bonds is 8. The van der Waals surface area contributed by atoms with E-state index in [0.29, 0.717) is 11.5 Å². The van der Waals surface area contributed by atoms with Crippen LogP contribution >= 0.6 is 0 Å². The van der Waals surface area contributed by atoms with Crippen LogP contribution in [0.4, 0.5) is 0 Å².